The van der Waals surface area contributed by atoms with Crippen LogP contribution in [-0.4, -0.2) is 46.0 Å². The van der Waals surface area contributed by atoms with Crippen molar-refractivity contribution in [1.82, 2.24) is 15.3 Å². The van der Waals surface area contributed by atoms with Crippen LogP contribution in [0.1, 0.15) is 18.4 Å². The predicted octanol–water partition coefficient (Wildman–Crippen LogP) is 4.03. The average Bonchev–Trinajstić information content (AvgIpc) is 3.43. The van der Waals surface area contributed by atoms with Crippen molar-refractivity contribution in [2.75, 3.05) is 30.4 Å². The van der Waals surface area contributed by atoms with Crippen molar-refractivity contribution in [2.24, 2.45) is 0 Å². The molecule has 2 unspecified atom stereocenters. The Balaban J connectivity index is 1.65. The van der Waals surface area contributed by atoms with E-state index >= 15 is 0 Å². The summed E-state index contributed by atoms with van der Waals surface area (Å²) in [6.07, 6.45) is 1.88. The molecule has 4 aromatic rings. The summed E-state index contributed by atoms with van der Waals surface area (Å²) in [5, 5.41) is 5.94. The van der Waals surface area contributed by atoms with E-state index in [9.17, 15) is 13.6 Å². The molecule has 1 fully saturated rings. The Kier molecular flexibility index (Phi) is 7.59. The highest BCUT2D eigenvalue weighted by Gasteiger charge is 2.37. The summed E-state index contributed by atoms with van der Waals surface area (Å²) >= 11 is -2.79. The Morgan fingerprint density at radius 2 is 1.74 bits per heavy atom. The summed E-state index contributed by atoms with van der Waals surface area (Å²) in [5.41, 5.74) is 1.49. The number of rotatable bonds is 10. The van der Waals surface area contributed by atoms with Crippen LogP contribution in [-0.2, 0) is 26.5 Å². The summed E-state index contributed by atoms with van der Waals surface area (Å²) < 4.78 is 43.2. The van der Waals surface area contributed by atoms with Crippen molar-refractivity contribution in [2.45, 2.75) is 18.6 Å². The zero-order chi connectivity index (χ0) is 27.4. The first-order valence-electron chi connectivity index (χ1n) is 12.1. The Morgan fingerprint density at radius 1 is 1.03 bits per heavy atom. The zero-order valence-electron chi connectivity index (χ0n) is 21.2. The zero-order valence-corrected chi connectivity index (χ0v) is 22.1. The third kappa shape index (κ3) is 5.35. The average molecular weight is 549 g/mol. The monoisotopic (exact) mass is 548 g/mol. The Bertz CT molecular complexity index is 1510. The molecule has 1 aliphatic heterocycles. The number of hydrogen-bond acceptors (Lipinski definition) is 9. The van der Waals surface area contributed by atoms with Gasteiger partial charge in [0, 0.05) is 35.9 Å². The van der Waals surface area contributed by atoms with E-state index in [1.165, 1.54) is 14.2 Å². The van der Waals surface area contributed by atoms with Crippen LogP contribution in [0.5, 0.6) is 11.5 Å². The number of amides is 1. The minimum Gasteiger partial charge on any atom is -0.755 e. The number of benzene rings is 3. The molecular weight excluding hydrogens is 522 g/mol. The fourth-order valence-electron chi connectivity index (χ4n) is 4.55. The lowest BCUT2D eigenvalue weighted by Crippen LogP contribution is -2.41. The van der Waals surface area contributed by atoms with Gasteiger partial charge in [-0.15, -0.1) is 0 Å². The minimum absolute atomic E-state index is 0.0470. The molecule has 3 aromatic carbocycles. The molecule has 2 heterocycles. The van der Waals surface area contributed by atoms with Gasteiger partial charge in [-0.25, -0.2) is 9.97 Å². The van der Waals surface area contributed by atoms with Gasteiger partial charge in [0.15, 0.2) is 17.4 Å². The van der Waals surface area contributed by atoms with Crippen LogP contribution in [0.4, 0.5) is 23.0 Å². The van der Waals surface area contributed by atoms with Crippen molar-refractivity contribution >= 4 is 51.7 Å². The molecule has 0 aliphatic carbocycles. The summed E-state index contributed by atoms with van der Waals surface area (Å²) in [6, 6.07) is 19.1. The van der Waals surface area contributed by atoms with Crippen molar-refractivity contribution in [3.63, 3.8) is 0 Å². The Morgan fingerprint density at radius 3 is 2.36 bits per heavy atom. The predicted molar refractivity (Wildman–Crippen MR) is 146 cm³/mol. The molecule has 39 heavy (non-hydrogen) atoms. The number of carbonyl (C=O) groups is 1. The van der Waals surface area contributed by atoms with Gasteiger partial charge in [0.05, 0.1) is 48.8 Å². The molecule has 1 saturated heterocycles. The summed E-state index contributed by atoms with van der Waals surface area (Å²) in [7, 11) is 3.07. The van der Waals surface area contributed by atoms with Gasteiger partial charge in [-0.3, -0.25) is 13.3 Å². The molecule has 1 aliphatic rings. The fourth-order valence-corrected chi connectivity index (χ4v) is 5.11. The maximum Gasteiger partial charge on any atom is 0.209 e. The van der Waals surface area contributed by atoms with E-state index in [-0.39, 0.29) is 11.6 Å². The second-order valence-corrected chi connectivity index (χ2v) is 9.51. The lowest BCUT2D eigenvalue weighted by atomic mass is 9.99. The molecule has 2 atom stereocenters. The van der Waals surface area contributed by atoms with Gasteiger partial charge >= 0.3 is 0 Å². The number of carbonyl (C=O) groups excluding carboxylic acids is 1. The Hall–Kier alpha value is -4.26. The highest BCUT2D eigenvalue weighted by atomic mass is 32.2. The topological polar surface area (TPSA) is 138 Å². The van der Waals surface area contributed by atoms with Gasteiger partial charge in [0.1, 0.15) is 11.5 Å². The summed E-state index contributed by atoms with van der Waals surface area (Å²) in [4.78, 5) is 20.8. The molecule has 202 valence electrons. The molecule has 1 aromatic heterocycles. The Labute approximate surface area is 227 Å². The molecule has 0 bridgehead atoms. The van der Waals surface area contributed by atoms with Crippen LogP contribution in [0.25, 0.3) is 11.0 Å². The highest BCUT2D eigenvalue weighted by Crippen LogP contribution is 2.39. The van der Waals surface area contributed by atoms with E-state index in [0.29, 0.717) is 58.9 Å². The highest BCUT2D eigenvalue weighted by molar-refractivity contribution is 7.81. The van der Waals surface area contributed by atoms with E-state index in [1.807, 2.05) is 6.07 Å². The van der Waals surface area contributed by atoms with Gasteiger partial charge in [0.2, 0.25) is 6.41 Å². The van der Waals surface area contributed by atoms with Crippen LogP contribution in [0, 0.1) is 0 Å². The van der Waals surface area contributed by atoms with Crippen LogP contribution in [0.15, 0.2) is 66.7 Å². The first kappa shape index (κ1) is 26.4. The largest absolute Gasteiger partial charge is 0.755 e. The second kappa shape index (κ2) is 11.2. The molecule has 5 rings (SSSR count). The fraction of sp³-hybridized carbons (Fsp3) is 0.222. The number of fused-ring (bicyclic) bond motifs is 1. The molecule has 2 N–H and O–H groups in total. The van der Waals surface area contributed by atoms with Gasteiger partial charge in [-0.2, -0.15) is 0 Å². The van der Waals surface area contributed by atoms with Crippen LogP contribution in [0.2, 0.25) is 0 Å². The van der Waals surface area contributed by atoms with E-state index < -0.39 is 17.0 Å². The molecule has 0 radical (unpaired) electrons. The first-order valence-corrected chi connectivity index (χ1v) is 13.1. The lowest BCUT2D eigenvalue weighted by molar-refractivity contribution is -0.118. The van der Waals surface area contributed by atoms with Crippen molar-refractivity contribution in [3.8, 4) is 11.5 Å². The maximum absolute atomic E-state index is 12.8. The molecule has 0 saturated carbocycles. The van der Waals surface area contributed by atoms with Crippen LogP contribution < -0.4 is 24.4 Å². The summed E-state index contributed by atoms with van der Waals surface area (Å²) in [6.45, 7) is 0.469. The van der Waals surface area contributed by atoms with E-state index in [1.54, 1.807) is 60.7 Å². The number of nitrogens with zero attached hydrogens (tertiary/aromatic N) is 3. The van der Waals surface area contributed by atoms with Crippen molar-refractivity contribution < 1.29 is 27.8 Å². The standard InChI is InChI=1S/C27H27N5O6S/c1-36-21-14-19(15-22(16-21)37-2)29-25-26(31-24-10-4-3-9-23(24)30-25)32(39(34)35)20-8-5-7-18(13-20)27(28-17-33)11-6-12-38-27/h3-5,7-10,13-17H,6,11-12H2,1-2H3,(H,28,33)(H,29,30)(H,34,35)/p-1. The number of ether oxygens (including phenoxy) is 3. The van der Waals surface area contributed by atoms with Gasteiger partial charge in [-0.05, 0) is 30.7 Å². The molecule has 12 heteroatoms. The molecule has 0 spiro atoms. The maximum atomic E-state index is 12.8. The normalized spacial score (nSPS) is 17.4. The van der Waals surface area contributed by atoms with E-state index in [4.69, 9.17) is 19.2 Å². The molecule has 1 amide bonds. The van der Waals surface area contributed by atoms with Gasteiger partial charge < -0.3 is 29.4 Å². The lowest BCUT2D eigenvalue weighted by Gasteiger charge is -2.31. The third-order valence-electron chi connectivity index (χ3n) is 6.37. The number of para-hydroxylation sites is 2. The third-order valence-corrected chi connectivity index (χ3v) is 7.05. The smallest absolute Gasteiger partial charge is 0.209 e. The van der Waals surface area contributed by atoms with E-state index in [2.05, 4.69) is 15.6 Å². The van der Waals surface area contributed by atoms with Crippen LogP contribution >= 0.6 is 0 Å². The van der Waals surface area contributed by atoms with Crippen LogP contribution in [0.3, 0.4) is 0 Å². The quantitative estimate of drug-likeness (QED) is 0.222. The number of nitrogens with one attached hydrogen (secondary N) is 2. The van der Waals surface area contributed by atoms with Crippen molar-refractivity contribution in [1.29, 1.82) is 0 Å². The number of hydrogen-bond donors (Lipinski definition) is 2. The number of aromatic nitrogens is 2. The minimum atomic E-state index is -2.79. The molecule has 11 nitrogen and oxygen atoms in total. The van der Waals surface area contributed by atoms with Gasteiger partial charge in [-0.1, -0.05) is 24.3 Å². The second-order valence-electron chi connectivity index (χ2n) is 8.71. The van der Waals surface area contributed by atoms with E-state index in [0.717, 1.165) is 10.7 Å². The SMILES string of the molecule is COc1cc(Nc2nc3ccccc3nc2N(c2cccc(C3(NC=O)CCCO3)c2)S(=O)[O-])cc(OC)c1. The number of methoxy groups -OCH3 is 2. The first-order chi connectivity index (χ1) is 19.0. The molecular formula is C27H26N5O6S-. The summed E-state index contributed by atoms with van der Waals surface area (Å²) in [5.74, 6) is 1.31. The number of anilines is 4. The van der Waals surface area contributed by atoms with Crippen molar-refractivity contribution in [3.05, 3.63) is 72.3 Å². The van der Waals surface area contributed by atoms with Gasteiger partial charge in [0.25, 0.3) is 0 Å².